The molecular weight excluding hydrogens is 413 g/mol. The molecule has 0 saturated heterocycles. The van der Waals surface area contributed by atoms with Crippen LogP contribution in [0.5, 0.6) is 0 Å². The van der Waals surface area contributed by atoms with E-state index in [1.54, 1.807) is 18.2 Å². The van der Waals surface area contributed by atoms with Crippen LogP contribution >= 0.6 is 11.3 Å². The lowest BCUT2D eigenvalue weighted by Gasteiger charge is -2.14. The third kappa shape index (κ3) is 4.34. The summed E-state index contributed by atoms with van der Waals surface area (Å²) in [6.45, 7) is 0. The topological polar surface area (TPSA) is 75.3 Å². The summed E-state index contributed by atoms with van der Waals surface area (Å²) in [5.74, 6) is -0.850. The van der Waals surface area contributed by atoms with Gasteiger partial charge in [0.15, 0.2) is 0 Å². The third-order valence-corrected chi connectivity index (χ3v) is 5.94. The third-order valence-electron chi connectivity index (χ3n) is 3.65. The molecule has 1 amide bonds. The van der Waals surface area contributed by atoms with Crippen molar-refractivity contribution in [1.82, 2.24) is 0 Å². The number of nitrogens with one attached hydrogen (secondary N) is 2. The summed E-state index contributed by atoms with van der Waals surface area (Å²) in [6, 6.07) is 13.4. The summed E-state index contributed by atoms with van der Waals surface area (Å²) in [5.41, 5.74) is -1.42. The van der Waals surface area contributed by atoms with Crippen molar-refractivity contribution in [2.24, 2.45) is 0 Å². The lowest BCUT2D eigenvalue weighted by molar-refractivity contribution is -0.136. The Balaban J connectivity index is 1.86. The number of rotatable bonds is 5. The van der Waals surface area contributed by atoms with Crippen molar-refractivity contribution in [3.8, 4) is 0 Å². The van der Waals surface area contributed by atoms with Gasteiger partial charge in [0.1, 0.15) is 4.88 Å². The minimum absolute atomic E-state index is 0.00465. The Morgan fingerprint density at radius 1 is 0.893 bits per heavy atom. The predicted molar refractivity (Wildman–Crippen MR) is 101 cm³/mol. The van der Waals surface area contributed by atoms with E-state index in [1.165, 1.54) is 35.7 Å². The van der Waals surface area contributed by atoms with Gasteiger partial charge in [-0.15, -0.1) is 11.3 Å². The quantitative estimate of drug-likeness (QED) is 0.614. The Labute approximate surface area is 162 Å². The number of amides is 1. The zero-order valence-corrected chi connectivity index (χ0v) is 15.7. The van der Waals surface area contributed by atoms with E-state index < -0.39 is 33.4 Å². The highest BCUT2D eigenvalue weighted by Crippen LogP contribution is 2.35. The highest BCUT2D eigenvalue weighted by molar-refractivity contribution is 7.92. The van der Waals surface area contributed by atoms with E-state index >= 15 is 0 Å². The number of thiophene rings is 1. The summed E-state index contributed by atoms with van der Waals surface area (Å²) < 4.78 is 66.4. The predicted octanol–water partition coefficient (Wildman–Crippen LogP) is 4.82. The van der Waals surface area contributed by atoms with E-state index in [0.717, 1.165) is 23.5 Å². The number of para-hydroxylation sites is 1. The molecule has 1 aromatic heterocycles. The normalized spacial score (nSPS) is 11.8. The molecule has 0 radical (unpaired) electrons. The zero-order valence-electron chi connectivity index (χ0n) is 14.0. The highest BCUT2D eigenvalue weighted by Gasteiger charge is 2.34. The van der Waals surface area contributed by atoms with Gasteiger partial charge in [0.2, 0.25) is 0 Å². The second-order valence-electron chi connectivity index (χ2n) is 5.58. The SMILES string of the molecule is O=C(Nc1ccccc1C(F)(F)F)c1sccc1NS(=O)(=O)c1ccccc1. The zero-order chi connectivity index (χ0) is 20.4. The molecule has 0 spiro atoms. The van der Waals surface area contributed by atoms with Gasteiger partial charge in [0.25, 0.3) is 15.9 Å². The molecule has 0 aliphatic heterocycles. The fraction of sp³-hybridized carbons (Fsp3) is 0.0556. The summed E-state index contributed by atoms with van der Waals surface area (Å²) in [4.78, 5) is 12.4. The molecule has 0 fully saturated rings. The molecule has 10 heteroatoms. The molecule has 146 valence electrons. The van der Waals surface area contributed by atoms with Crippen LogP contribution < -0.4 is 10.0 Å². The van der Waals surface area contributed by atoms with E-state index in [9.17, 15) is 26.4 Å². The van der Waals surface area contributed by atoms with Crippen molar-refractivity contribution in [3.05, 3.63) is 76.5 Å². The van der Waals surface area contributed by atoms with E-state index in [2.05, 4.69) is 10.0 Å². The number of carbonyl (C=O) groups is 1. The minimum atomic E-state index is -4.64. The van der Waals surface area contributed by atoms with Crippen molar-refractivity contribution in [2.75, 3.05) is 10.0 Å². The van der Waals surface area contributed by atoms with Gasteiger partial charge in [-0.1, -0.05) is 30.3 Å². The molecule has 0 bridgehead atoms. The number of anilines is 2. The first-order valence-electron chi connectivity index (χ1n) is 7.81. The molecule has 0 aliphatic carbocycles. The average Bonchev–Trinajstić information content (AvgIpc) is 3.09. The van der Waals surface area contributed by atoms with Gasteiger partial charge in [0.05, 0.1) is 21.8 Å². The molecule has 1 heterocycles. The minimum Gasteiger partial charge on any atom is -0.321 e. The maximum absolute atomic E-state index is 13.1. The highest BCUT2D eigenvalue weighted by atomic mass is 32.2. The van der Waals surface area contributed by atoms with E-state index in [1.807, 2.05) is 0 Å². The van der Waals surface area contributed by atoms with Gasteiger partial charge in [-0.2, -0.15) is 13.2 Å². The Morgan fingerprint density at radius 3 is 2.21 bits per heavy atom. The Morgan fingerprint density at radius 2 is 1.54 bits per heavy atom. The number of benzene rings is 2. The molecule has 0 unspecified atom stereocenters. The fourth-order valence-electron chi connectivity index (χ4n) is 2.39. The first kappa shape index (κ1) is 19.9. The van der Waals surface area contributed by atoms with Gasteiger partial charge < -0.3 is 5.32 Å². The molecule has 5 nitrogen and oxygen atoms in total. The summed E-state index contributed by atoms with van der Waals surface area (Å²) in [7, 11) is -3.95. The first-order chi connectivity index (χ1) is 13.2. The molecule has 28 heavy (non-hydrogen) atoms. The number of carbonyl (C=O) groups excluding carboxylic acids is 1. The molecule has 0 saturated carbocycles. The van der Waals surface area contributed by atoms with Gasteiger partial charge in [-0.25, -0.2) is 8.42 Å². The summed E-state index contributed by atoms with van der Waals surface area (Å²) >= 11 is 0.906. The van der Waals surface area contributed by atoms with Crippen molar-refractivity contribution in [2.45, 2.75) is 11.1 Å². The lowest BCUT2D eigenvalue weighted by atomic mass is 10.1. The Kier molecular flexibility index (Phi) is 5.43. The molecule has 2 N–H and O–H groups in total. The van der Waals surface area contributed by atoms with Gasteiger partial charge in [-0.3, -0.25) is 9.52 Å². The smallest absolute Gasteiger partial charge is 0.321 e. The number of halogens is 3. The maximum atomic E-state index is 13.1. The monoisotopic (exact) mass is 426 g/mol. The van der Waals surface area contributed by atoms with Crippen molar-refractivity contribution < 1.29 is 26.4 Å². The van der Waals surface area contributed by atoms with Crippen LogP contribution in [0.4, 0.5) is 24.5 Å². The summed E-state index contributed by atoms with van der Waals surface area (Å²) in [6.07, 6.45) is -4.64. The lowest BCUT2D eigenvalue weighted by Crippen LogP contribution is -2.18. The second-order valence-corrected chi connectivity index (χ2v) is 8.18. The molecular formula is C18H13F3N2O3S2. The van der Waals surface area contributed by atoms with Crippen LogP contribution in [0.1, 0.15) is 15.2 Å². The Bertz CT molecular complexity index is 1090. The number of hydrogen-bond donors (Lipinski definition) is 2. The molecule has 3 rings (SSSR count). The van der Waals surface area contributed by atoms with E-state index in [-0.39, 0.29) is 15.5 Å². The van der Waals surface area contributed by atoms with Crippen LogP contribution in [0.15, 0.2) is 70.9 Å². The van der Waals surface area contributed by atoms with Crippen molar-refractivity contribution in [1.29, 1.82) is 0 Å². The largest absolute Gasteiger partial charge is 0.418 e. The fourth-order valence-corrected chi connectivity index (χ4v) is 4.29. The second kappa shape index (κ2) is 7.64. The first-order valence-corrected chi connectivity index (χ1v) is 10.2. The molecule has 0 atom stereocenters. The molecule has 0 aliphatic rings. The van der Waals surface area contributed by atoms with Gasteiger partial charge in [-0.05, 0) is 35.7 Å². The number of alkyl halides is 3. The Hall–Kier alpha value is -2.85. The van der Waals surface area contributed by atoms with Gasteiger partial charge >= 0.3 is 6.18 Å². The maximum Gasteiger partial charge on any atom is 0.418 e. The van der Waals surface area contributed by atoms with E-state index in [4.69, 9.17) is 0 Å². The molecule has 3 aromatic rings. The van der Waals surface area contributed by atoms with Crippen LogP contribution in [-0.4, -0.2) is 14.3 Å². The number of sulfonamides is 1. The van der Waals surface area contributed by atoms with Crippen molar-refractivity contribution in [3.63, 3.8) is 0 Å². The van der Waals surface area contributed by atoms with Crippen LogP contribution in [-0.2, 0) is 16.2 Å². The number of hydrogen-bond acceptors (Lipinski definition) is 4. The van der Waals surface area contributed by atoms with Crippen molar-refractivity contribution >= 4 is 38.6 Å². The van der Waals surface area contributed by atoms with E-state index in [0.29, 0.717) is 0 Å². The summed E-state index contributed by atoms with van der Waals surface area (Å²) in [5, 5.41) is 3.67. The standard InChI is InChI=1S/C18H13F3N2O3S2/c19-18(20,21)13-8-4-5-9-14(13)22-17(24)16-15(10-11-27-16)23-28(25,26)12-6-2-1-3-7-12/h1-11,23H,(H,22,24). The average molecular weight is 426 g/mol. The van der Waals surface area contributed by atoms with Crippen LogP contribution in [0.25, 0.3) is 0 Å². The molecule has 2 aromatic carbocycles. The van der Waals surface area contributed by atoms with Crippen LogP contribution in [0, 0.1) is 0 Å². The van der Waals surface area contributed by atoms with Crippen LogP contribution in [0.2, 0.25) is 0 Å². The van der Waals surface area contributed by atoms with Gasteiger partial charge in [0, 0.05) is 0 Å². The van der Waals surface area contributed by atoms with Crippen LogP contribution in [0.3, 0.4) is 0 Å².